The van der Waals surface area contributed by atoms with Crippen LogP contribution in [0.5, 0.6) is 0 Å². The van der Waals surface area contributed by atoms with Gasteiger partial charge in [0.15, 0.2) is 0 Å². The number of nitriles is 1. The van der Waals surface area contributed by atoms with Crippen LogP contribution >= 0.6 is 0 Å². The second kappa shape index (κ2) is 5.18. The highest BCUT2D eigenvalue weighted by atomic mass is 19.1. The average molecular weight is 261 g/mol. The first-order valence-electron chi connectivity index (χ1n) is 5.27. The Morgan fingerprint density at radius 2 is 2.21 bits per heavy atom. The molecular weight excluding hydrogens is 253 g/mol. The molecule has 1 aromatic carbocycles. The second-order valence-electron chi connectivity index (χ2n) is 3.65. The van der Waals surface area contributed by atoms with Gasteiger partial charge in [0.25, 0.3) is 5.69 Å². The van der Waals surface area contributed by atoms with E-state index in [0.29, 0.717) is 5.76 Å². The SMILES string of the molecule is N#Cc1ccc(CNc2cc(F)ccc2[N+](=O)[O-])o1. The van der Waals surface area contributed by atoms with Crippen molar-refractivity contribution in [2.24, 2.45) is 0 Å². The van der Waals surface area contributed by atoms with Crippen LogP contribution in [0.4, 0.5) is 15.8 Å². The van der Waals surface area contributed by atoms with Gasteiger partial charge in [-0.1, -0.05) is 0 Å². The standard InChI is InChI=1S/C12H8FN3O3/c13-8-1-4-12(16(17)18)11(5-8)15-7-10-3-2-9(6-14)19-10/h1-5,15H,7H2. The summed E-state index contributed by atoms with van der Waals surface area (Å²) < 4.78 is 18.2. The molecule has 0 aliphatic heterocycles. The lowest BCUT2D eigenvalue weighted by atomic mass is 10.2. The van der Waals surface area contributed by atoms with Gasteiger partial charge in [-0.25, -0.2) is 4.39 Å². The van der Waals surface area contributed by atoms with Gasteiger partial charge in [0.05, 0.1) is 11.5 Å². The zero-order valence-electron chi connectivity index (χ0n) is 9.59. The Labute approximate surface area is 107 Å². The number of halogens is 1. The predicted molar refractivity (Wildman–Crippen MR) is 63.8 cm³/mol. The number of rotatable bonds is 4. The molecule has 0 unspecified atom stereocenters. The van der Waals surface area contributed by atoms with Crippen LogP contribution < -0.4 is 5.32 Å². The lowest BCUT2D eigenvalue weighted by molar-refractivity contribution is -0.384. The van der Waals surface area contributed by atoms with Crippen molar-refractivity contribution in [1.82, 2.24) is 0 Å². The Balaban J connectivity index is 2.17. The number of hydrogen-bond acceptors (Lipinski definition) is 5. The van der Waals surface area contributed by atoms with Crippen LogP contribution in [0.15, 0.2) is 34.7 Å². The lowest BCUT2D eigenvalue weighted by Gasteiger charge is -2.05. The minimum absolute atomic E-state index is 0.0555. The maximum Gasteiger partial charge on any atom is 0.292 e. The van der Waals surface area contributed by atoms with Gasteiger partial charge in [-0.2, -0.15) is 5.26 Å². The summed E-state index contributed by atoms with van der Waals surface area (Å²) in [6.07, 6.45) is 0. The number of nitrogens with zero attached hydrogens (tertiary/aromatic N) is 2. The van der Waals surface area contributed by atoms with Gasteiger partial charge in [-0.05, 0) is 18.2 Å². The van der Waals surface area contributed by atoms with Crippen molar-refractivity contribution in [3.63, 3.8) is 0 Å². The molecule has 2 aromatic rings. The number of nitro groups is 1. The highest BCUT2D eigenvalue weighted by molar-refractivity contribution is 5.61. The summed E-state index contributed by atoms with van der Waals surface area (Å²) in [4.78, 5) is 10.2. The zero-order valence-corrected chi connectivity index (χ0v) is 9.59. The van der Waals surface area contributed by atoms with E-state index in [2.05, 4.69) is 5.32 Å². The number of anilines is 1. The monoisotopic (exact) mass is 261 g/mol. The van der Waals surface area contributed by atoms with Crippen LogP contribution in [0.2, 0.25) is 0 Å². The summed E-state index contributed by atoms with van der Waals surface area (Å²) in [5.74, 6) is -0.00842. The quantitative estimate of drug-likeness (QED) is 0.674. The molecule has 0 fully saturated rings. The van der Waals surface area contributed by atoms with E-state index in [1.54, 1.807) is 6.07 Å². The summed E-state index contributed by atoms with van der Waals surface area (Å²) in [6, 6.07) is 8.01. The Bertz CT molecular complexity index is 660. The Morgan fingerprint density at radius 3 is 2.84 bits per heavy atom. The molecule has 0 amide bonds. The molecule has 96 valence electrons. The Hall–Kier alpha value is -2.88. The van der Waals surface area contributed by atoms with E-state index in [9.17, 15) is 14.5 Å². The van der Waals surface area contributed by atoms with Crippen LogP contribution in [0.3, 0.4) is 0 Å². The first-order chi connectivity index (χ1) is 9.10. The molecule has 0 atom stereocenters. The maximum absolute atomic E-state index is 13.1. The van der Waals surface area contributed by atoms with Crippen molar-refractivity contribution in [2.45, 2.75) is 6.54 Å². The zero-order chi connectivity index (χ0) is 13.8. The van der Waals surface area contributed by atoms with Crippen molar-refractivity contribution in [1.29, 1.82) is 5.26 Å². The van der Waals surface area contributed by atoms with Gasteiger partial charge >= 0.3 is 0 Å². The lowest BCUT2D eigenvalue weighted by Crippen LogP contribution is -2.02. The van der Waals surface area contributed by atoms with Gasteiger partial charge in [0.1, 0.15) is 23.3 Å². The number of furan rings is 1. The van der Waals surface area contributed by atoms with E-state index in [1.807, 2.05) is 6.07 Å². The van der Waals surface area contributed by atoms with Gasteiger partial charge in [0, 0.05) is 12.1 Å². The summed E-state index contributed by atoms with van der Waals surface area (Å²) >= 11 is 0. The van der Waals surface area contributed by atoms with Gasteiger partial charge < -0.3 is 9.73 Å². The van der Waals surface area contributed by atoms with Crippen molar-refractivity contribution < 1.29 is 13.7 Å². The fraction of sp³-hybridized carbons (Fsp3) is 0.0833. The van der Waals surface area contributed by atoms with E-state index in [-0.39, 0.29) is 23.7 Å². The van der Waals surface area contributed by atoms with Crippen LogP contribution in [-0.2, 0) is 6.54 Å². The molecule has 0 radical (unpaired) electrons. The van der Waals surface area contributed by atoms with Gasteiger partial charge in [-0.3, -0.25) is 10.1 Å². The average Bonchev–Trinajstić information content (AvgIpc) is 2.84. The molecular formula is C12H8FN3O3. The smallest absolute Gasteiger partial charge is 0.292 e. The molecule has 0 bridgehead atoms. The van der Waals surface area contributed by atoms with Crippen molar-refractivity contribution >= 4 is 11.4 Å². The Kier molecular flexibility index (Phi) is 3.43. The van der Waals surface area contributed by atoms with E-state index in [1.165, 1.54) is 6.07 Å². The van der Waals surface area contributed by atoms with E-state index in [0.717, 1.165) is 18.2 Å². The van der Waals surface area contributed by atoms with Gasteiger partial charge in [-0.15, -0.1) is 0 Å². The third-order valence-corrected chi connectivity index (χ3v) is 2.38. The maximum atomic E-state index is 13.1. The van der Waals surface area contributed by atoms with Crippen LogP contribution in [-0.4, -0.2) is 4.92 Å². The summed E-state index contributed by atoms with van der Waals surface area (Å²) in [5.41, 5.74) is -0.173. The van der Waals surface area contributed by atoms with Crippen molar-refractivity contribution in [3.8, 4) is 6.07 Å². The van der Waals surface area contributed by atoms with Crippen molar-refractivity contribution in [2.75, 3.05) is 5.32 Å². The highest BCUT2D eigenvalue weighted by Gasteiger charge is 2.14. The molecule has 1 heterocycles. The normalized spacial score (nSPS) is 9.89. The summed E-state index contributed by atoms with van der Waals surface area (Å²) in [7, 11) is 0. The third-order valence-electron chi connectivity index (χ3n) is 2.38. The number of benzene rings is 1. The topological polar surface area (TPSA) is 92.1 Å². The number of nitrogens with one attached hydrogen (secondary N) is 1. The van der Waals surface area contributed by atoms with Gasteiger partial charge in [0.2, 0.25) is 5.76 Å². The van der Waals surface area contributed by atoms with Crippen LogP contribution in [0.1, 0.15) is 11.5 Å². The fourth-order valence-electron chi connectivity index (χ4n) is 1.52. The minimum atomic E-state index is -0.607. The first kappa shape index (κ1) is 12.6. The van der Waals surface area contributed by atoms with E-state index < -0.39 is 10.7 Å². The molecule has 2 rings (SSSR count). The second-order valence-corrected chi connectivity index (χ2v) is 3.65. The molecule has 0 spiro atoms. The van der Waals surface area contributed by atoms with Crippen LogP contribution in [0.25, 0.3) is 0 Å². The largest absolute Gasteiger partial charge is 0.449 e. The molecule has 0 saturated carbocycles. The highest BCUT2D eigenvalue weighted by Crippen LogP contribution is 2.25. The molecule has 0 aliphatic carbocycles. The summed E-state index contributed by atoms with van der Waals surface area (Å²) in [5, 5.41) is 22.1. The molecule has 0 aliphatic rings. The molecule has 19 heavy (non-hydrogen) atoms. The number of hydrogen-bond donors (Lipinski definition) is 1. The first-order valence-corrected chi connectivity index (χ1v) is 5.27. The molecule has 1 aromatic heterocycles. The molecule has 0 saturated heterocycles. The predicted octanol–water partition coefficient (Wildman–Crippen LogP) is 2.81. The molecule has 7 heteroatoms. The molecule has 1 N–H and O–H groups in total. The minimum Gasteiger partial charge on any atom is -0.449 e. The number of nitro benzene ring substituents is 1. The van der Waals surface area contributed by atoms with E-state index >= 15 is 0 Å². The van der Waals surface area contributed by atoms with E-state index in [4.69, 9.17) is 9.68 Å². The molecule has 6 nitrogen and oxygen atoms in total. The summed E-state index contributed by atoms with van der Waals surface area (Å²) in [6.45, 7) is 0.117. The van der Waals surface area contributed by atoms with Crippen LogP contribution in [0, 0.1) is 27.3 Å². The Morgan fingerprint density at radius 1 is 1.42 bits per heavy atom. The fourth-order valence-corrected chi connectivity index (χ4v) is 1.52. The van der Waals surface area contributed by atoms with Crippen molar-refractivity contribution in [3.05, 3.63) is 57.8 Å². The third kappa shape index (κ3) is 2.87.